The Morgan fingerprint density at radius 3 is 2.46 bits per heavy atom. The first kappa shape index (κ1) is 17.4. The Hall–Kier alpha value is -4.04. The van der Waals surface area contributed by atoms with Crippen LogP contribution >= 0.6 is 0 Å². The molecule has 3 aromatic carbocycles. The van der Waals surface area contributed by atoms with Gasteiger partial charge in [0.25, 0.3) is 5.56 Å². The average molecular weight is 368 g/mol. The number of aromatic hydroxyl groups is 1. The van der Waals surface area contributed by atoms with E-state index in [2.05, 4.69) is 4.98 Å². The molecule has 0 radical (unpaired) electrons. The fourth-order valence-corrected chi connectivity index (χ4v) is 3.26. The van der Waals surface area contributed by atoms with Crippen molar-refractivity contribution in [2.75, 3.05) is 7.11 Å². The smallest absolute Gasteiger partial charge is 0.266 e. The molecule has 0 spiro atoms. The summed E-state index contributed by atoms with van der Waals surface area (Å²) in [6, 6.07) is 22.4. The predicted molar refractivity (Wildman–Crippen MR) is 108 cm³/mol. The van der Waals surface area contributed by atoms with E-state index in [0.717, 1.165) is 16.3 Å². The minimum Gasteiger partial charge on any atom is -0.504 e. The summed E-state index contributed by atoms with van der Waals surface area (Å²) in [6.07, 6.45) is 0. The molecule has 0 atom stereocenters. The summed E-state index contributed by atoms with van der Waals surface area (Å²) < 4.78 is 5.16. The van der Waals surface area contributed by atoms with Crippen molar-refractivity contribution in [2.24, 2.45) is 0 Å². The maximum atomic E-state index is 12.6. The highest BCUT2D eigenvalue weighted by Gasteiger charge is 2.14. The van der Waals surface area contributed by atoms with E-state index in [4.69, 9.17) is 4.74 Å². The fourth-order valence-electron chi connectivity index (χ4n) is 3.26. The van der Waals surface area contributed by atoms with Crippen LogP contribution in [0.5, 0.6) is 11.5 Å². The van der Waals surface area contributed by atoms with Gasteiger partial charge in [-0.2, -0.15) is 5.26 Å². The van der Waals surface area contributed by atoms with Gasteiger partial charge in [0.2, 0.25) is 0 Å². The molecule has 0 aliphatic rings. The number of aromatic amines is 1. The zero-order valence-electron chi connectivity index (χ0n) is 15.1. The number of ether oxygens (including phenoxy) is 1. The fraction of sp³-hybridized carbons (Fsp3) is 0.0435. The summed E-state index contributed by atoms with van der Waals surface area (Å²) in [7, 11) is 1.45. The van der Waals surface area contributed by atoms with Crippen molar-refractivity contribution in [1.82, 2.24) is 4.98 Å². The molecule has 1 aromatic heterocycles. The van der Waals surface area contributed by atoms with E-state index in [0.29, 0.717) is 16.8 Å². The number of nitrogens with zero attached hydrogens (tertiary/aromatic N) is 1. The molecule has 0 aliphatic heterocycles. The Morgan fingerprint density at radius 2 is 1.71 bits per heavy atom. The summed E-state index contributed by atoms with van der Waals surface area (Å²) in [5.41, 5.74) is 2.09. The lowest BCUT2D eigenvalue weighted by Crippen LogP contribution is -2.12. The van der Waals surface area contributed by atoms with Gasteiger partial charge in [-0.15, -0.1) is 0 Å². The van der Waals surface area contributed by atoms with Crippen LogP contribution in [0, 0.1) is 11.3 Å². The van der Waals surface area contributed by atoms with Crippen molar-refractivity contribution < 1.29 is 9.84 Å². The van der Waals surface area contributed by atoms with Crippen LogP contribution in [0.2, 0.25) is 0 Å². The van der Waals surface area contributed by atoms with Gasteiger partial charge in [-0.25, -0.2) is 0 Å². The lowest BCUT2D eigenvalue weighted by atomic mass is 9.97. The number of phenolic OH excluding ortho intramolecular Hbond substituents is 1. The highest BCUT2D eigenvalue weighted by Crippen LogP contribution is 2.33. The van der Waals surface area contributed by atoms with Gasteiger partial charge in [-0.1, -0.05) is 42.5 Å². The molecule has 28 heavy (non-hydrogen) atoms. The molecule has 2 N–H and O–H groups in total. The molecule has 0 saturated carbocycles. The average Bonchev–Trinajstić information content (AvgIpc) is 2.73. The number of phenols is 1. The van der Waals surface area contributed by atoms with Crippen molar-refractivity contribution >= 4 is 10.8 Å². The van der Waals surface area contributed by atoms with Crippen LogP contribution in [-0.2, 0) is 0 Å². The summed E-state index contributed by atoms with van der Waals surface area (Å²) in [5.74, 6) is 0.262. The molecule has 5 heteroatoms. The third kappa shape index (κ3) is 2.97. The van der Waals surface area contributed by atoms with Gasteiger partial charge in [0.15, 0.2) is 11.5 Å². The van der Waals surface area contributed by atoms with Crippen molar-refractivity contribution in [3.63, 3.8) is 0 Å². The molecular weight excluding hydrogens is 352 g/mol. The van der Waals surface area contributed by atoms with E-state index in [1.165, 1.54) is 13.2 Å². The highest BCUT2D eigenvalue weighted by molar-refractivity contribution is 5.87. The van der Waals surface area contributed by atoms with Crippen LogP contribution in [0.3, 0.4) is 0 Å². The topological polar surface area (TPSA) is 86.1 Å². The number of hydrogen-bond acceptors (Lipinski definition) is 4. The zero-order valence-corrected chi connectivity index (χ0v) is 15.1. The largest absolute Gasteiger partial charge is 0.504 e. The normalized spacial score (nSPS) is 10.6. The summed E-state index contributed by atoms with van der Waals surface area (Å²) in [5, 5.41) is 21.5. The first-order valence-corrected chi connectivity index (χ1v) is 8.64. The SMILES string of the molecule is COc1cc(-c2cc(-c3ccc4ccccc4c3)[nH]c(=O)c2C#N)ccc1O. The lowest BCUT2D eigenvalue weighted by Gasteiger charge is -2.11. The first-order chi connectivity index (χ1) is 13.6. The van der Waals surface area contributed by atoms with Gasteiger partial charge in [-0.05, 0) is 46.2 Å². The Kier molecular flexibility index (Phi) is 4.30. The van der Waals surface area contributed by atoms with Crippen molar-refractivity contribution in [3.8, 4) is 40.0 Å². The summed E-state index contributed by atoms with van der Waals surface area (Å²) in [6.45, 7) is 0. The van der Waals surface area contributed by atoms with Gasteiger partial charge in [0, 0.05) is 11.3 Å². The number of hydrogen-bond donors (Lipinski definition) is 2. The van der Waals surface area contributed by atoms with Gasteiger partial charge in [-0.3, -0.25) is 4.79 Å². The minimum absolute atomic E-state index is 0.00986. The molecule has 5 nitrogen and oxygen atoms in total. The number of benzene rings is 3. The van der Waals surface area contributed by atoms with E-state index in [1.54, 1.807) is 18.2 Å². The quantitative estimate of drug-likeness (QED) is 0.559. The molecule has 0 saturated heterocycles. The molecule has 0 unspecified atom stereocenters. The van der Waals surface area contributed by atoms with Gasteiger partial charge >= 0.3 is 0 Å². The van der Waals surface area contributed by atoms with Crippen LogP contribution in [0.4, 0.5) is 0 Å². The second kappa shape index (κ2) is 6.93. The molecule has 136 valence electrons. The molecule has 1 heterocycles. The predicted octanol–water partition coefficient (Wildman–Crippen LogP) is 4.45. The number of H-pyrrole nitrogens is 1. The standard InChI is InChI=1S/C23H16N2O3/c1-28-22-11-16(8-9-21(22)26)18-12-20(25-23(27)19(18)13-24)17-7-6-14-4-2-3-5-15(14)10-17/h2-12,26H,1H3,(H,25,27). The lowest BCUT2D eigenvalue weighted by molar-refractivity contribution is 0.373. The number of nitriles is 1. The monoisotopic (exact) mass is 368 g/mol. The molecule has 0 amide bonds. The number of pyridine rings is 1. The van der Waals surface area contributed by atoms with Crippen molar-refractivity contribution in [3.05, 3.63) is 82.6 Å². The number of rotatable bonds is 3. The molecule has 0 fully saturated rings. The van der Waals surface area contributed by atoms with Gasteiger partial charge in [0.1, 0.15) is 11.6 Å². The third-order valence-electron chi connectivity index (χ3n) is 4.70. The maximum Gasteiger partial charge on any atom is 0.266 e. The van der Waals surface area contributed by atoms with E-state index in [1.807, 2.05) is 48.5 Å². The number of aromatic nitrogens is 1. The van der Waals surface area contributed by atoms with Crippen LogP contribution < -0.4 is 10.3 Å². The van der Waals surface area contributed by atoms with Crippen molar-refractivity contribution in [2.45, 2.75) is 0 Å². The second-order valence-corrected chi connectivity index (χ2v) is 6.36. The Bertz CT molecular complexity index is 1300. The Labute approximate surface area is 161 Å². The molecule has 4 aromatic rings. The van der Waals surface area contributed by atoms with Gasteiger partial charge in [0.05, 0.1) is 7.11 Å². The van der Waals surface area contributed by atoms with Crippen LogP contribution in [-0.4, -0.2) is 17.2 Å². The van der Waals surface area contributed by atoms with Crippen LogP contribution in [0.25, 0.3) is 33.2 Å². The molecule has 0 bridgehead atoms. The van der Waals surface area contributed by atoms with Crippen molar-refractivity contribution in [1.29, 1.82) is 5.26 Å². The van der Waals surface area contributed by atoms with E-state index >= 15 is 0 Å². The van der Waals surface area contributed by atoms with E-state index < -0.39 is 5.56 Å². The molecule has 0 aliphatic carbocycles. The summed E-state index contributed by atoms with van der Waals surface area (Å²) >= 11 is 0. The van der Waals surface area contributed by atoms with Crippen LogP contribution in [0.1, 0.15) is 5.56 Å². The number of methoxy groups -OCH3 is 1. The molecular formula is C23H16N2O3. The van der Waals surface area contributed by atoms with E-state index in [-0.39, 0.29) is 17.1 Å². The van der Waals surface area contributed by atoms with Crippen LogP contribution in [0.15, 0.2) is 71.5 Å². The minimum atomic E-state index is -0.463. The Balaban J connectivity index is 1.93. The second-order valence-electron chi connectivity index (χ2n) is 6.36. The zero-order chi connectivity index (χ0) is 19.7. The Morgan fingerprint density at radius 1 is 0.964 bits per heavy atom. The third-order valence-corrected chi connectivity index (χ3v) is 4.70. The number of fused-ring (bicyclic) bond motifs is 1. The molecule has 4 rings (SSSR count). The van der Waals surface area contributed by atoms with Gasteiger partial charge < -0.3 is 14.8 Å². The first-order valence-electron chi connectivity index (χ1n) is 8.64. The number of nitrogens with one attached hydrogen (secondary N) is 1. The highest BCUT2D eigenvalue weighted by atomic mass is 16.5. The maximum absolute atomic E-state index is 12.6. The summed E-state index contributed by atoms with van der Waals surface area (Å²) in [4.78, 5) is 15.4. The van der Waals surface area contributed by atoms with E-state index in [9.17, 15) is 15.2 Å².